The first-order valence-electron chi connectivity index (χ1n) is 10.9. The van der Waals surface area contributed by atoms with E-state index in [4.69, 9.17) is 9.47 Å². The molecule has 0 amide bonds. The predicted molar refractivity (Wildman–Crippen MR) is 97.0 cm³/mol. The normalized spacial score (nSPS) is 56.3. The Balaban J connectivity index is 1.43. The molecule has 0 aromatic heterocycles. The van der Waals surface area contributed by atoms with Crippen molar-refractivity contribution < 1.29 is 14.6 Å². The molecule has 2 unspecified atom stereocenters. The summed E-state index contributed by atoms with van der Waals surface area (Å²) in [5.74, 6) is 3.44. The van der Waals surface area contributed by atoms with Crippen molar-refractivity contribution in [1.29, 1.82) is 0 Å². The van der Waals surface area contributed by atoms with Gasteiger partial charge >= 0.3 is 0 Å². The van der Waals surface area contributed by atoms with Gasteiger partial charge in [-0.3, -0.25) is 0 Å². The van der Waals surface area contributed by atoms with Gasteiger partial charge in [-0.1, -0.05) is 20.3 Å². The van der Waals surface area contributed by atoms with Crippen LogP contribution in [-0.2, 0) is 9.47 Å². The summed E-state index contributed by atoms with van der Waals surface area (Å²) in [4.78, 5) is 0. The largest absolute Gasteiger partial charge is 0.385 e. The fraction of sp³-hybridized carbons (Fsp3) is 1.00. The van der Waals surface area contributed by atoms with Crippen molar-refractivity contribution in [2.24, 2.45) is 34.5 Å². The summed E-state index contributed by atoms with van der Waals surface area (Å²) < 4.78 is 11.5. The Bertz CT molecular complexity index is 529. The Morgan fingerprint density at radius 1 is 0.840 bits per heavy atom. The van der Waals surface area contributed by atoms with E-state index in [1.165, 1.54) is 44.9 Å². The first-order chi connectivity index (χ1) is 11.9. The van der Waals surface area contributed by atoms with Crippen molar-refractivity contribution in [3.63, 3.8) is 0 Å². The van der Waals surface area contributed by atoms with E-state index in [9.17, 15) is 5.11 Å². The molecule has 0 aromatic carbocycles. The molecule has 3 nitrogen and oxygen atoms in total. The van der Waals surface area contributed by atoms with Crippen molar-refractivity contribution in [3.8, 4) is 0 Å². The zero-order chi connectivity index (χ0) is 17.3. The quantitative estimate of drug-likeness (QED) is 0.757. The zero-order valence-corrected chi connectivity index (χ0v) is 16.1. The fourth-order valence-corrected chi connectivity index (χ4v) is 8.32. The minimum absolute atomic E-state index is 0.273. The Labute approximate surface area is 152 Å². The SMILES string of the molecule is C[C@@]12CCC[C@H]1[C@@H]1CCC3CCC(O)(C4OCCO4)C[C@]3(C)[C@@H]1CC2. The molecule has 0 bridgehead atoms. The summed E-state index contributed by atoms with van der Waals surface area (Å²) in [5, 5.41) is 11.5. The molecule has 3 heteroatoms. The van der Waals surface area contributed by atoms with Crippen LogP contribution < -0.4 is 0 Å². The van der Waals surface area contributed by atoms with E-state index in [1.54, 1.807) is 0 Å². The first kappa shape index (κ1) is 17.0. The first-order valence-corrected chi connectivity index (χ1v) is 10.9. The molecule has 0 radical (unpaired) electrons. The van der Waals surface area contributed by atoms with Crippen LogP contribution in [0.3, 0.4) is 0 Å². The van der Waals surface area contributed by atoms with E-state index in [2.05, 4.69) is 13.8 Å². The molecule has 25 heavy (non-hydrogen) atoms. The molecular weight excluding hydrogens is 312 g/mol. The maximum absolute atomic E-state index is 11.5. The van der Waals surface area contributed by atoms with Crippen LogP contribution in [0.25, 0.3) is 0 Å². The van der Waals surface area contributed by atoms with Crippen LogP contribution in [0.1, 0.15) is 78.1 Å². The molecule has 0 spiro atoms. The average molecular weight is 349 g/mol. The molecule has 142 valence electrons. The lowest BCUT2D eigenvalue weighted by atomic mass is 9.44. The molecule has 4 aliphatic carbocycles. The maximum Gasteiger partial charge on any atom is 0.186 e. The minimum atomic E-state index is -0.764. The summed E-state index contributed by atoms with van der Waals surface area (Å²) in [6.07, 6.45) is 12.5. The summed E-state index contributed by atoms with van der Waals surface area (Å²) in [7, 11) is 0. The highest BCUT2D eigenvalue weighted by molar-refractivity contribution is 5.10. The molecule has 5 aliphatic rings. The Morgan fingerprint density at radius 2 is 1.64 bits per heavy atom. The second-order valence-electron chi connectivity index (χ2n) is 10.6. The molecule has 5 fully saturated rings. The van der Waals surface area contributed by atoms with Gasteiger partial charge in [0, 0.05) is 0 Å². The number of aliphatic hydroxyl groups is 1. The summed E-state index contributed by atoms with van der Waals surface area (Å²) in [6.45, 7) is 6.37. The van der Waals surface area contributed by atoms with Crippen molar-refractivity contribution in [2.75, 3.05) is 13.2 Å². The molecule has 5 rings (SSSR count). The van der Waals surface area contributed by atoms with E-state index < -0.39 is 5.60 Å². The highest BCUT2D eigenvalue weighted by Crippen LogP contribution is 2.67. The molecule has 1 heterocycles. The van der Waals surface area contributed by atoms with Crippen LogP contribution in [0.15, 0.2) is 0 Å². The number of hydrogen-bond acceptors (Lipinski definition) is 3. The van der Waals surface area contributed by atoms with Gasteiger partial charge in [0.15, 0.2) is 6.29 Å². The third kappa shape index (κ3) is 2.41. The standard InChI is InChI=1S/C22H36O3/c1-20-9-3-4-17(20)16-6-5-15-7-11-22(23,19-24-12-13-25-19)14-21(15,2)18(16)8-10-20/h15-19,23H,3-14H2,1-2H3/t15?,16-,17-,18+,20-,21-,22?/m0/s1. The van der Waals surface area contributed by atoms with Crippen molar-refractivity contribution in [1.82, 2.24) is 0 Å². The fourth-order valence-electron chi connectivity index (χ4n) is 8.32. The van der Waals surface area contributed by atoms with E-state index >= 15 is 0 Å². The molecule has 1 saturated heterocycles. The molecule has 4 saturated carbocycles. The second-order valence-corrected chi connectivity index (χ2v) is 10.6. The maximum atomic E-state index is 11.5. The van der Waals surface area contributed by atoms with Crippen LogP contribution in [0.2, 0.25) is 0 Å². The van der Waals surface area contributed by atoms with Crippen LogP contribution in [0.5, 0.6) is 0 Å². The average Bonchev–Trinajstić information content (AvgIpc) is 3.23. The Kier molecular flexibility index (Phi) is 3.87. The highest BCUT2D eigenvalue weighted by Gasteiger charge is 2.61. The topological polar surface area (TPSA) is 38.7 Å². The van der Waals surface area contributed by atoms with Gasteiger partial charge in [-0.05, 0) is 92.3 Å². The van der Waals surface area contributed by atoms with Crippen molar-refractivity contribution in [2.45, 2.75) is 89.9 Å². The lowest BCUT2D eigenvalue weighted by Crippen LogP contribution is -2.59. The van der Waals surface area contributed by atoms with E-state index in [0.29, 0.717) is 18.6 Å². The van der Waals surface area contributed by atoms with Gasteiger partial charge in [0.2, 0.25) is 0 Å². The Hall–Kier alpha value is -0.120. The molecule has 0 aromatic rings. The number of rotatable bonds is 1. The zero-order valence-electron chi connectivity index (χ0n) is 16.1. The molecule has 7 atom stereocenters. The summed E-state index contributed by atoms with van der Waals surface area (Å²) >= 11 is 0. The van der Waals surface area contributed by atoms with Gasteiger partial charge in [-0.15, -0.1) is 0 Å². The van der Waals surface area contributed by atoms with Gasteiger partial charge in [0.05, 0.1) is 13.2 Å². The molecular formula is C22H36O3. The number of ether oxygens (including phenoxy) is 2. The van der Waals surface area contributed by atoms with Crippen molar-refractivity contribution >= 4 is 0 Å². The van der Waals surface area contributed by atoms with E-state index in [0.717, 1.165) is 42.9 Å². The predicted octanol–water partition coefficient (Wildman–Crippen LogP) is 4.52. The van der Waals surface area contributed by atoms with Crippen LogP contribution in [0, 0.1) is 34.5 Å². The molecule has 1 aliphatic heterocycles. The van der Waals surface area contributed by atoms with Gasteiger partial charge < -0.3 is 14.6 Å². The number of hydrogen-bond donors (Lipinski definition) is 1. The highest BCUT2D eigenvalue weighted by atomic mass is 16.7. The van der Waals surface area contributed by atoms with Gasteiger partial charge in [0.25, 0.3) is 0 Å². The summed E-state index contributed by atoms with van der Waals surface area (Å²) in [6, 6.07) is 0. The van der Waals surface area contributed by atoms with Crippen molar-refractivity contribution in [3.05, 3.63) is 0 Å². The van der Waals surface area contributed by atoms with Crippen LogP contribution >= 0.6 is 0 Å². The van der Waals surface area contributed by atoms with E-state index in [1.807, 2.05) is 0 Å². The minimum Gasteiger partial charge on any atom is -0.385 e. The summed E-state index contributed by atoms with van der Waals surface area (Å²) in [5.41, 5.74) is 0.127. The van der Waals surface area contributed by atoms with Gasteiger partial charge in [-0.25, -0.2) is 0 Å². The Morgan fingerprint density at radius 3 is 2.44 bits per heavy atom. The smallest absolute Gasteiger partial charge is 0.186 e. The van der Waals surface area contributed by atoms with Crippen LogP contribution in [-0.4, -0.2) is 30.2 Å². The monoisotopic (exact) mass is 348 g/mol. The lowest BCUT2D eigenvalue weighted by Gasteiger charge is -2.62. The molecule has 1 N–H and O–H groups in total. The van der Waals surface area contributed by atoms with Gasteiger partial charge in [-0.2, -0.15) is 0 Å². The van der Waals surface area contributed by atoms with Gasteiger partial charge in [0.1, 0.15) is 5.60 Å². The number of fused-ring (bicyclic) bond motifs is 5. The second kappa shape index (κ2) is 5.69. The lowest BCUT2D eigenvalue weighted by molar-refractivity contribution is -0.235. The third-order valence-corrected chi connectivity index (χ3v) is 9.52. The van der Waals surface area contributed by atoms with Crippen LogP contribution in [0.4, 0.5) is 0 Å². The van der Waals surface area contributed by atoms with E-state index in [-0.39, 0.29) is 11.7 Å². The third-order valence-electron chi connectivity index (χ3n) is 9.52.